The zero-order valence-electron chi connectivity index (χ0n) is 10.9. The van der Waals surface area contributed by atoms with E-state index in [1.54, 1.807) is 13.1 Å². The molecule has 5 heteroatoms. The largest absolute Gasteiger partial charge is 0.384 e. The van der Waals surface area contributed by atoms with Gasteiger partial charge in [-0.1, -0.05) is 0 Å². The lowest BCUT2D eigenvalue weighted by Gasteiger charge is -2.15. The molecule has 14 heavy (non-hydrogen) atoms. The van der Waals surface area contributed by atoms with Crippen molar-refractivity contribution in [3.05, 3.63) is 23.8 Å². The van der Waals surface area contributed by atoms with E-state index < -0.39 is 12.5 Å². The third-order valence-electron chi connectivity index (χ3n) is 1.91. The molecule has 0 fully saturated rings. The Bertz CT molecular complexity index is 561. The summed E-state index contributed by atoms with van der Waals surface area (Å²) in [7, 11) is 0. The Morgan fingerprint density at radius 1 is 1.57 bits per heavy atom. The summed E-state index contributed by atoms with van der Waals surface area (Å²) in [6.07, 6.45) is 2.82. The number of rotatable bonds is 1. The minimum atomic E-state index is -2.57. The van der Waals surface area contributed by atoms with E-state index in [2.05, 4.69) is 15.1 Å². The van der Waals surface area contributed by atoms with E-state index in [1.165, 1.54) is 17.6 Å². The predicted octanol–water partition coefficient (Wildman–Crippen LogP) is 0.660. The summed E-state index contributed by atoms with van der Waals surface area (Å²) in [5, 5.41) is 14.0. The smallest absolute Gasteiger partial charge is 0.251 e. The summed E-state index contributed by atoms with van der Waals surface area (Å²) in [6.45, 7) is 0.425. The van der Waals surface area contributed by atoms with Crippen molar-refractivity contribution in [2.24, 2.45) is 0 Å². The molecule has 0 spiro atoms. The van der Waals surface area contributed by atoms with Gasteiger partial charge in [-0.15, -0.1) is 0 Å². The van der Waals surface area contributed by atoms with Gasteiger partial charge < -0.3 is 5.11 Å². The van der Waals surface area contributed by atoms with Gasteiger partial charge >= 0.3 is 0 Å². The first-order chi connectivity index (χ1) is 7.73. The van der Waals surface area contributed by atoms with Gasteiger partial charge in [-0.25, -0.2) is 14.5 Å². The van der Waals surface area contributed by atoms with Gasteiger partial charge in [0.1, 0.15) is 5.60 Å². The molecule has 74 valence electrons. The maximum absolute atomic E-state index is 9.99. The summed E-state index contributed by atoms with van der Waals surface area (Å²) < 4.78 is 23.3. The Morgan fingerprint density at radius 3 is 3.07 bits per heavy atom. The average molecular weight is 195 g/mol. The molecule has 2 aromatic rings. The van der Waals surface area contributed by atoms with Gasteiger partial charge in [0, 0.05) is 4.11 Å². The van der Waals surface area contributed by atoms with Crippen LogP contribution in [0.5, 0.6) is 0 Å². The SMILES string of the molecule is [2H]C([2H])([2H])C(C)(O)c1cnn2c(C)cnc2n1. The van der Waals surface area contributed by atoms with Gasteiger partial charge in [-0.3, -0.25) is 0 Å². The first kappa shape index (κ1) is 6.08. The third-order valence-corrected chi connectivity index (χ3v) is 1.91. The highest BCUT2D eigenvalue weighted by atomic mass is 16.3. The Kier molecular flexibility index (Phi) is 1.19. The molecular formula is C9H12N4O. The zero-order chi connectivity index (χ0) is 12.8. The molecule has 0 saturated carbocycles. The fourth-order valence-electron chi connectivity index (χ4n) is 1.12. The van der Waals surface area contributed by atoms with Crippen molar-refractivity contribution in [3.8, 4) is 0 Å². The third kappa shape index (κ3) is 1.35. The molecule has 0 saturated heterocycles. The Balaban J connectivity index is 2.57. The molecule has 0 bridgehead atoms. The van der Waals surface area contributed by atoms with Crippen molar-refractivity contribution in [1.82, 2.24) is 19.6 Å². The Hall–Kier alpha value is -1.49. The molecule has 0 aliphatic rings. The molecule has 5 nitrogen and oxygen atoms in total. The van der Waals surface area contributed by atoms with Crippen molar-refractivity contribution in [1.29, 1.82) is 0 Å². The van der Waals surface area contributed by atoms with E-state index in [-0.39, 0.29) is 11.5 Å². The summed E-state index contributed by atoms with van der Waals surface area (Å²) in [5.74, 6) is 0.268. The van der Waals surface area contributed by atoms with Crippen molar-refractivity contribution >= 4 is 5.78 Å². The lowest BCUT2D eigenvalue weighted by Crippen LogP contribution is -2.19. The summed E-state index contributed by atoms with van der Waals surface area (Å²) in [6, 6.07) is 0. The van der Waals surface area contributed by atoms with Crippen LogP contribution in [0.3, 0.4) is 0 Å². The van der Waals surface area contributed by atoms with Crippen LogP contribution in [0.1, 0.15) is 29.3 Å². The molecule has 0 amide bonds. The van der Waals surface area contributed by atoms with Crippen LogP contribution in [0.2, 0.25) is 0 Å². The van der Waals surface area contributed by atoms with Crippen molar-refractivity contribution in [2.75, 3.05) is 0 Å². The van der Waals surface area contributed by atoms with Crippen LogP contribution in [0.25, 0.3) is 5.78 Å². The lowest BCUT2D eigenvalue weighted by molar-refractivity contribution is 0.0734. The quantitative estimate of drug-likeness (QED) is 0.726. The van der Waals surface area contributed by atoms with E-state index in [0.717, 1.165) is 5.69 Å². The van der Waals surface area contributed by atoms with E-state index in [0.29, 0.717) is 0 Å². The van der Waals surface area contributed by atoms with Crippen LogP contribution in [-0.2, 0) is 5.60 Å². The first-order valence-electron chi connectivity index (χ1n) is 5.64. The van der Waals surface area contributed by atoms with Crippen LogP contribution >= 0.6 is 0 Å². The van der Waals surface area contributed by atoms with Crippen LogP contribution in [0.15, 0.2) is 12.4 Å². The van der Waals surface area contributed by atoms with Gasteiger partial charge in [-0.05, 0) is 20.7 Å². The number of hydrogen-bond acceptors (Lipinski definition) is 4. The number of aryl methyl sites for hydroxylation is 1. The number of fused-ring (bicyclic) bond motifs is 1. The van der Waals surface area contributed by atoms with Crippen LogP contribution in [-0.4, -0.2) is 24.7 Å². The number of nitrogens with zero attached hydrogens (tertiary/aromatic N) is 4. The van der Waals surface area contributed by atoms with Gasteiger partial charge in [0.05, 0.1) is 23.8 Å². The predicted molar refractivity (Wildman–Crippen MR) is 50.8 cm³/mol. The maximum Gasteiger partial charge on any atom is 0.251 e. The molecule has 0 aromatic carbocycles. The zero-order valence-corrected chi connectivity index (χ0v) is 7.89. The topological polar surface area (TPSA) is 63.3 Å². The molecule has 0 radical (unpaired) electrons. The van der Waals surface area contributed by atoms with Crippen LogP contribution in [0, 0.1) is 6.92 Å². The number of aliphatic hydroxyl groups is 1. The van der Waals surface area contributed by atoms with E-state index in [4.69, 9.17) is 4.11 Å². The monoisotopic (exact) mass is 195 g/mol. The summed E-state index contributed by atoms with van der Waals surface area (Å²) in [5.41, 5.74) is -1.27. The molecule has 1 unspecified atom stereocenters. The molecule has 1 N–H and O–H groups in total. The second-order valence-electron chi connectivity index (χ2n) is 3.33. The molecule has 2 aromatic heterocycles. The average Bonchev–Trinajstić information content (AvgIpc) is 2.58. The number of imidazole rings is 1. The van der Waals surface area contributed by atoms with Crippen LogP contribution in [0.4, 0.5) is 0 Å². The second-order valence-corrected chi connectivity index (χ2v) is 3.33. The lowest BCUT2D eigenvalue weighted by atomic mass is 10.1. The van der Waals surface area contributed by atoms with Crippen molar-refractivity contribution < 1.29 is 9.22 Å². The molecule has 2 rings (SSSR count). The normalized spacial score (nSPS) is 19.8. The fraction of sp³-hybridized carbons (Fsp3) is 0.444. The molecule has 2 heterocycles. The van der Waals surface area contributed by atoms with Crippen LogP contribution < -0.4 is 0 Å². The second kappa shape index (κ2) is 2.75. The minimum Gasteiger partial charge on any atom is -0.384 e. The molecule has 1 atom stereocenters. The van der Waals surface area contributed by atoms with E-state index >= 15 is 0 Å². The highest BCUT2D eigenvalue weighted by Crippen LogP contribution is 2.16. The van der Waals surface area contributed by atoms with E-state index in [9.17, 15) is 5.11 Å². The van der Waals surface area contributed by atoms with E-state index in [1.807, 2.05) is 0 Å². The molecule has 0 aliphatic heterocycles. The number of aromatic nitrogens is 4. The minimum absolute atomic E-state index is 0.0180. The van der Waals surface area contributed by atoms with Crippen molar-refractivity contribution in [2.45, 2.75) is 26.3 Å². The fourth-order valence-corrected chi connectivity index (χ4v) is 1.12. The molecular weight excluding hydrogens is 180 g/mol. The highest BCUT2D eigenvalue weighted by molar-refractivity contribution is 5.30. The maximum atomic E-state index is 9.99. The summed E-state index contributed by atoms with van der Waals surface area (Å²) >= 11 is 0. The van der Waals surface area contributed by atoms with Crippen molar-refractivity contribution in [3.63, 3.8) is 0 Å². The first-order valence-corrected chi connectivity index (χ1v) is 4.14. The standard InChI is InChI=1S/C9H12N4O/c1-6-4-10-8-12-7(9(2,3)14)5-11-13(6)8/h4-5,14H,1-3H3/i2D3. The Morgan fingerprint density at radius 2 is 2.36 bits per heavy atom. The summed E-state index contributed by atoms with van der Waals surface area (Å²) in [4.78, 5) is 7.98. The van der Waals surface area contributed by atoms with Gasteiger partial charge in [0.2, 0.25) is 0 Å². The van der Waals surface area contributed by atoms with Gasteiger partial charge in [-0.2, -0.15) is 5.10 Å². The highest BCUT2D eigenvalue weighted by Gasteiger charge is 2.19. The Labute approximate surface area is 85.6 Å². The number of hydrogen-bond donors (Lipinski definition) is 1. The van der Waals surface area contributed by atoms with Gasteiger partial charge in [0.15, 0.2) is 0 Å². The van der Waals surface area contributed by atoms with Gasteiger partial charge in [0.25, 0.3) is 5.78 Å². The molecule has 0 aliphatic carbocycles.